The molecular weight excluding hydrogens is 1440 g/mol. The standard InChI is InChI=1S/2C23H23FN4O2.C23H26N4O.C21H18N4O/c1-23(2)12-27(13-23)22(30)15-8-9-16(17(24)10-15)18-4-3-5-20-25-19(11-28(18)20)26-21(29)14-6-7-14;1-23(2)12-27(13-23)22(30)16-9-8-15(10-17(16)24)18-4-3-5-20-25-19(11-28(18)20)26-21(29)14-6-7-14;1-23(2)14-26(15-23)12-16-6-8-17(9-7-16)19-4-3-5-21-24-20(13-27(19)21)25-22(28)18-10-11-18;1-22-21(11-12-21)16-9-7-14(8-10-16)17-3-2-4-19-23-18(13-25(17)19)24-20(26)15-5-6-15/h2*3-5,8-11,14H,6-7,12-13H2,1-2H3,(H,26,29);3-9,13,18H,10-12,14-15H2,1-2H3,(H,25,28);2-4,7-10,13,15H,5-6,11-12H2,(H,24,26). The molecule has 5 aliphatic carbocycles. The molecule has 0 unspecified atom stereocenters. The van der Waals surface area contributed by atoms with Gasteiger partial charge in [0, 0.05) is 105 Å². The van der Waals surface area contributed by atoms with E-state index < -0.39 is 11.6 Å². The Labute approximate surface area is 658 Å². The number of fused-ring (bicyclic) bond motifs is 4. The Morgan fingerprint density at radius 1 is 0.421 bits per heavy atom. The number of aromatic nitrogens is 8. The topological polar surface area (TPSA) is 234 Å². The highest BCUT2D eigenvalue weighted by molar-refractivity contribution is 5.98. The average molecular weight is 1530 g/mol. The fourth-order valence-corrected chi connectivity index (χ4v) is 15.7. The van der Waals surface area contributed by atoms with Gasteiger partial charge in [0.15, 0.2) is 23.3 Å². The molecule has 114 heavy (non-hydrogen) atoms. The maximum absolute atomic E-state index is 15.0. The number of anilines is 4. The number of carbonyl (C=O) groups is 6. The van der Waals surface area contributed by atoms with Gasteiger partial charge in [-0.3, -0.25) is 51.3 Å². The molecule has 4 aromatic carbocycles. The highest BCUT2D eigenvalue weighted by Gasteiger charge is 2.52. The molecule has 0 radical (unpaired) electrons. The number of hydrogen-bond acceptors (Lipinski definition) is 11. The van der Waals surface area contributed by atoms with Gasteiger partial charge in [-0.15, -0.1) is 0 Å². The number of rotatable bonds is 17. The molecule has 24 heteroatoms. The summed E-state index contributed by atoms with van der Waals surface area (Å²) < 4.78 is 37.5. The number of hydrogen-bond donors (Lipinski definition) is 4. The summed E-state index contributed by atoms with van der Waals surface area (Å²) in [5.74, 6) is 1.33. The highest BCUT2D eigenvalue weighted by Crippen LogP contribution is 2.50. The van der Waals surface area contributed by atoms with Crippen LogP contribution in [-0.2, 0) is 31.3 Å². The van der Waals surface area contributed by atoms with E-state index in [9.17, 15) is 33.2 Å². The van der Waals surface area contributed by atoms with Gasteiger partial charge in [-0.1, -0.05) is 120 Å². The van der Waals surface area contributed by atoms with Gasteiger partial charge in [-0.2, -0.15) is 0 Å². The van der Waals surface area contributed by atoms with Gasteiger partial charge in [0.05, 0.1) is 53.1 Å². The Bertz CT molecular complexity index is 5840. The van der Waals surface area contributed by atoms with Crippen LogP contribution in [0.4, 0.5) is 32.1 Å². The fraction of sp³-hybridized carbons (Fsp3) is 0.344. The number of nitrogens with zero attached hydrogens (tertiary/aromatic N) is 12. The second kappa shape index (κ2) is 29.4. The van der Waals surface area contributed by atoms with Crippen molar-refractivity contribution in [2.45, 2.75) is 118 Å². The zero-order chi connectivity index (χ0) is 79.1. The maximum atomic E-state index is 15.0. The van der Waals surface area contributed by atoms with E-state index in [-0.39, 0.29) is 81.0 Å². The summed E-state index contributed by atoms with van der Waals surface area (Å²) in [5, 5.41) is 11.5. The van der Waals surface area contributed by atoms with Crippen molar-refractivity contribution < 1.29 is 37.5 Å². The number of likely N-dealkylation sites (tertiary alicyclic amines) is 3. The summed E-state index contributed by atoms with van der Waals surface area (Å²) in [5.41, 5.74) is 12.8. The minimum Gasteiger partial charge on any atom is -0.337 e. The second-order valence-electron chi connectivity index (χ2n) is 34.4. The van der Waals surface area contributed by atoms with Gasteiger partial charge in [-0.25, -0.2) is 35.3 Å². The van der Waals surface area contributed by atoms with Crippen molar-refractivity contribution in [2.24, 2.45) is 39.9 Å². The van der Waals surface area contributed by atoms with Crippen LogP contribution in [0.2, 0.25) is 0 Å². The zero-order valence-corrected chi connectivity index (χ0v) is 64.7. The zero-order valence-electron chi connectivity index (χ0n) is 64.7. The van der Waals surface area contributed by atoms with E-state index in [1.807, 2.05) is 69.7 Å². The van der Waals surface area contributed by atoms with Crippen molar-refractivity contribution in [3.05, 3.63) is 228 Å². The molecule has 8 aliphatic rings. The summed E-state index contributed by atoms with van der Waals surface area (Å²) >= 11 is 0. The Balaban J connectivity index is 0.000000110. The first kappa shape index (κ1) is 74.5. The van der Waals surface area contributed by atoms with Crippen molar-refractivity contribution >= 4 is 81.3 Å². The molecule has 3 aliphatic heterocycles. The van der Waals surface area contributed by atoms with Gasteiger partial charge in [-0.05, 0) is 163 Å². The minimum absolute atomic E-state index is 0.0111. The van der Waals surface area contributed by atoms with Crippen LogP contribution in [0.5, 0.6) is 0 Å². The second-order valence-corrected chi connectivity index (χ2v) is 34.4. The molecule has 22 nitrogen and oxygen atoms in total. The number of pyridine rings is 4. The van der Waals surface area contributed by atoms with Crippen LogP contribution < -0.4 is 21.3 Å². The lowest BCUT2D eigenvalue weighted by Crippen LogP contribution is -2.55. The van der Waals surface area contributed by atoms with Gasteiger partial charge >= 0.3 is 0 Å². The molecule has 3 saturated heterocycles. The third-order valence-corrected chi connectivity index (χ3v) is 22.4. The molecule has 8 fully saturated rings. The SMILES string of the molecule is CC1(C)CN(C(=O)c2ccc(-c3cccc4nc(NC(=O)C5CC5)cn34)c(F)c2)C1.CC1(C)CN(C(=O)c2ccc(-c3cccc4nc(NC(=O)C5CC5)cn34)cc2F)C1.CC1(C)CN(Cc2ccc(-c3cccc4nc(NC(=O)C5CC5)cn34)cc2)C1.[C-]#[N+]C1(c2ccc(-c3cccc4nc(NC(=O)C5CC5)cn34)cc2)CC1. The highest BCUT2D eigenvalue weighted by atomic mass is 19.1. The lowest BCUT2D eigenvalue weighted by Gasteiger charge is -2.46. The smallest absolute Gasteiger partial charge is 0.258 e. The summed E-state index contributed by atoms with van der Waals surface area (Å²) in [7, 11) is 0. The number of amides is 6. The number of halogens is 2. The van der Waals surface area contributed by atoms with E-state index in [0.717, 1.165) is 116 Å². The van der Waals surface area contributed by atoms with E-state index in [2.05, 4.69) is 151 Å². The molecule has 20 rings (SSSR count). The molecule has 11 heterocycles. The van der Waals surface area contributed by atoms with Gasteiger partial charge in [0.2, 0.25) is 23.6 Å². The van der Waals surface area contributed by atoms with E-state index in [4.69, 9.17) is 6.57 Å². The Kier molecular flexibility index (Phi) is 19.2. The summed E-state index contributed by atoms with van der Waals surface area (Å²) in [6.07, 6.45) is 16.7. The molecule has 12 aromatic rings. The molecule has 8 aromatic heterocycles. The predicted octanol–water partition coefficient (Wildman–Crippen LogP) is 16.4. The molecule has 0 atom stereocenters. The van der Waals surface area contributed by atoms with Crippen molar-refractivity contribution in [3.8, 4) is 45.0 Å². The third kappa shape index (κ3) is 16.1. The maximum Gasteiger partial charge on any atom is 0.258 e. The van der Waals surface area contributed by atoms with Crippen LogP contribution >= 0.6 is 0 Å². The predicted molar refractivity (Wildman–Crippen MR) is 434 cm³/mol. The normalized spacial score (nSPS) is 17.9. The summed E-state index contributed by atoms with van der Waals surface area (Å²) in [6.45, 7) is 26.4. The van der Waals surface area contributed by atoms with E-state index >= 15 is 4.39 Å². The first-order chi connectivity index (χ1) is 54.8. The molecule has 4 N–H and O–H groups in total. The lowest BCUT2D eigenvalue weighted by atomic mass is 9.84. The minimum atomic E-state index is -0.540. The quantitative estimate of drug-likeness (QED) is 0.0626. The molecular formula is C90H90F2N16O6. The summed E-state index contributed by atoms with van der Waals surface area (Å²) in [4.78, 5) is 101. The molecule has 580 valence electrons. The number of nitrogens with one attached hydrogen (secondary N) is 4. The van der Waals surface area contributed by atoms with Crippen LogP contribution in [0.15, 0.2) is 183 Å². The number of carbonyl (C=O) groups excluding carboxylic acids is 6. The van der Waals surface area contributed by atoms with Crippen LogP contribution in [0.25, 0.3) is 72.5 Å². The van der Waals surface area contributed by atoms with Gasteiger partial charge < -0.3 is 35.9 Å². The van der Waals surface area contributed by atoms with Crippen molar-refractivity contribution in [2.75, 3.05) is 60.5 Å². The van der Waals surface area contributed by atoms with Crippen molar-refractivity contribution in [3.63, 3.8) is 0 Å². The van der Waals surface area contributed by atoms with Crippen molar-refractivity contribution in [1.29, 1.82) is 0 Å². The van der Waals surface area contributed by atoms with E-state index in [1.165, 1.54) is 30.8 Å². The lowest BCUT2D eigenvalue weighted by molar-refractivity contribution is -0.118. The molecule has 0 spiro atoms. The third-order valence-electron chi connectivity index (χ3n) is 22.4. The Morgan fingerprint density at radius 2 is 0.789 bits per heavy atom. The number of benzene rings is 4. The Hall–Kier alpha value is -12.2. The van der Waals surface area contributed by atoms with Gasteiger partial charge in [0.1, 0.15) is 34.2 Å². The van der Waals surface area contributed by atoms with E-state index in [0.29, 0.717) is 88.5 Å². The van der Waals surface area contributed by atoms with Crippen LogP contribution in [0.1, 0.15) is 138 Å². The van der Waals surface area contributed by atoms with Crippen LogP contribution in [0, 0.1) is 58.1 Å². The Morgan fingerprint density at radius 3 is 1.16 bits per heavy atom. The van der Waals surface area contributed by atoms with Gasteiger partial charge in [0.25, 0.3) is 17.4 Å². The summed E-state index contributed by atoms with van der Waals surface area (Å²) in [6, 6.07) is 49.2. The first-order valence-corrected chi connectivity index (χ1v) is 39.4. The monoisotopic (exact) mass is 1530 g/mol. The van der Waals surface area contributed by atoms with E-state index in [1.54, 1.807) is 69.1 Å². The fourth-order valence-electron chi connectivity index (χ4n) is 15.7. The van der Waals surface area contributed by atoms with Crippen LogP contribution in [-0.4, -0.2) is 127 Å². The average Bonchev–Trinajstić information content (AvgIpc) is 1.53. The molecule has 5 saturated carbocycles. The largest absolute Gasteiger partial charge is 0.337 e. The number of imidazole rings is 4. The molecule has 0 bridgehead atoms. The van der Waals surface area contributed by atoms with Crippen LogP contribution in [0.3, 0.4) is 0 Å². The first-order valence-electron chi connectivity index (χ1n) is 39.4. The molecule has 6 amide bonds. The van der Waals surface area contributed by atoms with Crippen molar-refractivity contribution in [1.82, 2.24) is 52.2 Å².